The highest BCUT2D eigenvalue weighted by atomic mass is 16.3. The van der Waals surface area contributed by atoms with Crippen LogP contribution >= 0.6 is 0 Å². The minimum atomic E-state index is -0.423. The SMILES string of the molecule is O=C1NC(=O)[C@@H]2CN(C(=O)c3ccc(O)cc3)C[C@H]12. The lowest BCUT2D eigenvalue weighted by Crippen LogP contribution is -2.35. The fraction of sp³-hybridized carbons (Fsp3) is 0.308. The van der Waals surface area contributed by atoms with Crippen molar-refractivity contribution in [3.8, 4) is 5.75 Å². The summed E-state index contributed by atoms with van der Waals surface area (Å²) in [6.45, 7) is 0.532. The summed E-state index contributed by atoms with van der Waals surface area (Å²) in [6.07, 6.45) is 0. The standard InChI is InChI=1S/C13H12N2O4/c16-8-3-1-7(2-4-8)13(19)15-5-9-10(6-15)12(18)14-11(9)17/h1-4,9-10,16H,5-6H2,(H,14,17,18)/t9-,10+. The molecule has 2 aliphatic rings. The maximum Gasteiger partial charge on any atom is 0.253 e. The Labute approximate surface area is 109 Å². The highest BCUT2D eigenvalue weighted by molar-refractivity contribution is 6.06. The Morgan fingerprint density at radius 3 is 2.16 bits per heavy atom. The zero-order valence-corrected chi connectivity index (χ0v) is 10.00. The topological polar surface area (TPSA) is 86.7 Å². The molecular weight excluding hydrogens is 248 g/mol. The van der Waals surface area contributed by atoms with Crippen molar-refractivity contribution >= 4 is 17.7 Å². The number of nitrogens with zero attached hydrogens (tertiary/aromatic N) is 1. The van der Waals surface area contributed by atoms with Gasteiger partial charge in [-0.25, -0.2) is 0 Å². The largest absolute Gasteiger partial charge is 0.508 e. The van der Waals surface area contributed by atoms with Crippen LogP contribution in [-0.4, -0.2) is 40.8 Å². The van der Waals surface area contributed by atoms with Crippen molar-refractivity contribution in [2.75, 3.05) is 13.1 Å². The van der Waals surface area contributed by atoms with Gasteiger partial charge in [-0.15, -0.1) is 0 Å². The Morgan fingerprint density at radius 2 is 1.63 bits per heavy atom. The number of imide groups is 1. The normalized spacial score (nSPS) is 25.4. The summed E-state index contributed by atoms with van der Waals surface area (Å²) in [4.78, 5) is 36.7. The molecule has 0 saturated carbocycles. The summed E-state index contributed by atoms with van der Waals surface area (Å²) in [5, 5.41) is 11.5. The summed E-state index contributed by atoms with van der Waals surface area (Å²) in [5.74, 6) is -1.58. The van der Waals surface area contributed by atoms with Crippen LogP contribution in [0.4, 0.5) is 0 Å². The van der Waals surface area contributed by atoms with Gasteiger partial charge in [0.1, 0.15) is 5.75 Å². The Balaban J connectivity index is 1.78. The van der Waals surface area contributed by atoms with Gasteiger partial charge in [0.25, 0.3) is 5.91 Å². The van der Waals surface area contributed by atoms with E-state index in [1.54, 1.807) is 0 Å². The molecule has 3 amide bonds. The predicted octanol–water partition coefficient (Wildman–Crippen LogP) is -0.263. The maximum atomic E-state index is 12.2. The molecule has 1 aromatic rings. The van der Waals surface area contributed by atoms with Crippen LogP contribution in [0.15, 0.2) is 24.3 Å². The monoisotopic (exact) mass is 260 g/mol. The minimum absolute atomic E-state index is 0.0874. The molecule has 98 valence electrons. The number of likely N-dealkylation sites (tertiary alicyclic amines) is 1. The van der Waals surface area contributed by atoms with Crippen molar-refractivity contribution in [2.24, 2.45) is 11.8 Å². The zero-order chi connectivity index (χ0) is 13.6. The van der Waals surface area contributed by atoms with E-state index in [1.807, 2.05) is 0 Å². The van der Waals surface area contributed by atoms with Crippen molar-refractivity contribution in [3.05, 3.63) is 29.8 Å². The van der Waals surface area contributed by atoms with E-state index in [2.05, 4.69) is 5.32 Å². The van der Waals surface area contributed by atoms with Gasteiger partial charge in [-0.1, -0.05) is 0 Å². The van der Waals surface area contributed by atoms with Gasteiger partial charge in [0.05, 0.1) is 11.8 Å². The van der Waals surface area contributed by atoms with Crippen molar-refractivity contribution in [2.45, 2.75) is 0 Å². The Bertz CT molecular complexity index is 545. The molecule has 2 atom stereocenters. The molecule has 19 heavy (non-hydrogen) atoms. The van der Waals surface area contributed by atoms with E-state index >= 15 is 0 Å². The molecule has 0 aliphatic carbocycles. The third-order valence-corrected chi connectivity index (χ3v) is 3.64. The van der Waals surface area contributed by atoms with Crippen molar-refractivity contribution in [3.63, 3.8) is 0 Å². The number of benzene rings is 1. The highest BCUT2D eigenvalue weighted by Crippen LogP contribution is 2.29. The molecule has 0 unspecified atom stereocenters. The first-order valence-electron chi connectivity index (χ1n) is 5.99. The molecule has 0 spiro atoms. The van der Waals surface area contributed by atoms with E-state index in [1.165, 1.54) is 29.2 Å². The van der Waals surface area contributed by atoms with Crippen LogP contribution in [0.25, 0.3) is 0 Å². The van der Waals surface area contributed by atoms with E-state index in [0.717, 1.165) is 0 Å². The molecule has 0 bridgehead atoms. The van der Waals surface area contributed by atoms with Gasteiger partial charge in [-0.2, -0.15) is 0 Å². The van der Waals surface area contributed by atoms with Gasteiger partial charge in [0, 0.05) is 18.7 Å². The molecule has 0 radical (unpaired) electrons. The first kappa shape index (κ1) is 11.7. The maximum absolute atomic E-state index is 12.2. The minimum Gasteiger partial charge on any atom is -0.508 e. The first-order valence-corrected chi connectivity index (χ1v) is 5.99. The number of amides is 3. The molecule has 3 rings (SSSR count). The molecule has 6 nitrogen and oxygen atoms in total. The molecule has 0 aromatic heterocycles. The van der Waals surface area contributed by atoms with Crippen LogP contribution in [0.3, 0.4) is 0 Å². The second-order valence-electron chi connectivity index (χ2n) is 4.82. The van der Waals surface area contributed by atoms with Crippen LogP contribution in [0.1, 0.15) is 10.4 Å². The van der Waals surface area contributed by atoms with Gasteiger partial charge in [-0.3, -0.25) is 19.7 Å². The second kappa shape index (κ2) is 4.08. The third-order valence-electron chi connectivity index (χ3n) is 3.64. The van der Waals surface area contributed by atoms with Gasteiger partial charge in [0.15, 0.2) is 0 Å². The van der Waals surface area contributed by atoms with Gasteiger partial charge >= 0.3 is 0 Å². The summed E-state index contributed by atoms with van der Waals surface area (Å²) in [7, 11) is 0. The van der Waals surface area contributed by atoms with E-state index < -0.39 is 11.8 Å². The Morgan fingerprint density at radius 1 is 1.11 bits per heavy atom. The smallest absolute Gasteiger partial charge is 0.253 e. The zero-order valence-electron chi connectivity index (χ0n) is 10.00. The summed E-state index contributed by atoms with van der Waals surface area (Å²) >= 11 is 0. The van der Waals surface area contributed by atoms with E-state index in [4.69, 9.17) is 0 Å². The van der Waals surface area contributed by atoms with Gasteiger partial charge in [-0.05, 0) is 24.3 Å². The van der Waals surface area contributed by atoms with Gasteiger partial charge in [0.2, 0.25) is 11.8 Å². The van der Waals surface area contributed by atoms with Gasteiger partial charge < -0.3 is 10.0 Å². The molecular formula is C13H12N2O4. The number of nitrogens with one attached hydrogen (secondary N) is 1. The molecule has 2 fully saturated rings. The van der Waals surface area contributed by atoms with E-state index in [9.17, 15) is 19.5 Å². The van der Waals surface area contributed by atoms with Crippen LogP contribution in [0.5, 0.6) is 5.75 Å². The number of phenols is 1. The fourth-order valence-electron chi connectivity index (χ4n) is 2.59. The van der Waals surface area contributed by atoms with Crippen LogP contribution in [-0.2, 0) is 9.59 Å². The van der Waals surface area contributed by atoms with Crippen molar-refractivity contribution < 1.29 is 19.5 Å². The quantitative estimate of drug-likeness (QED) is 0.681. The predicted molar refractivity (Wildman–Crippen MR) is 64.1 cm³/mol. The van der Waals surface area contributed by atoms with Crippen LogP contribution < -0.4 is 5.32 Å². The summed E-state index contributed by atoms with van der Waals surface area (Å²) in [6, 6.07) is 5.91. The number of rotatable bonds is 1. The Hall–Kier alpha value is -2.37. The average molecular weight is 260 g/mol. The number of fused-ring (bicyclic) bond motifs is 1. The lowest BCUT2D eigenvalue weighted by atomic mass is 10.00. The first-order chi connectivity index (χ1) is 9.06. The third kappa shape index (κ3) is 1.85. The summed E-state index contributed by atoms with van der Waals surface area (Å²) < 4.78 is 0. The molecule has 2 aliphatic heterocycles. The molecule has 2 heterocycles. The lowest BCUT2D eigenvalue weighted by molar-refractivity contribution is -0.126. The summed E-state index contributed by atoms with van der Waals surface area (Å²) in [5.41, 5.74) is 0.436. The number of phenolic OH excluding ortho intramolecular Hbond substituents is 1. The molecule has 2 N–H and O–H groups in total. The van der Waals surface area contributed by atoms with Crippen LogP contribution in [0, 0.1) is 11.8 Å². The van der Waals surface area contributed by atoms with Crippen molar-refractivity contribution in [1.82, 2.24) is 10.2 Å². The van der Waals surface area contributed by atoms with Crippen molar-refractivity contribution in [1.29, 1.82) is 0 Å². The fourth-order valence-corrected chi connectivity index (χ4v) is 2.59. The number of aromatic hydroxyl groups is 1. The van der Waals surface area contributed by atoms with E-state index in [-0.39, 0.29) is 36.6 Å². The molecule has 2 saturated heterocycles. The highest BCUT2D eigenvalue weighted by Gasteiger charge is 2.48. The lowest BCUT2D eigenvalue weighted by Gasteiger charge is -2.17. The van der Waals surface area contributed by atoms with E-state index in [0.29, 0.717) is 5.56 Å². The Kier molecular flexibility index (Phi) is 2.51. The number of carbonyl (C=O) groups excluding carboxylic acids is 3. The van der Waals surface area contributed by atoms with Crippen LogP contribution in [0.2, 0.25) is 0 Å². The molecule has 1 aromatic carbocycles. The molecule has 6 heteroatoms. The average Bonchev–Trinajstić information content (AvgIpc) is 2.93. The second-order valence-corrected chi connectivity index (χ2v) is 4.82. The number of carbonyl (C=O) groups is 3. The number of hydrogen-bond acceptors (Lipinski definition) is 4. The number of hydrogen-bond donors (Lipinski definition) is 2.